The highest BCUT2D eigenvalue weighted by Gasteiger charge is 2.28. The number of nitrogens with zero attached hydrogens (tertiary/aromatic N) is 1. The first-order chi connectivity index (χ1) is 8.98. The summed E-state index contributed by atoms with van der Waals surface area (Å²) in [6.45, 7) is 2.78. The number of nitrogens with one attached hydrogen (secondary N) is 2. The highest BCUT2D eigenvalue weighted by Crippen LogP contribution is 2.14. The molecule has 106 valence electrons. The van der Waals surface area contributed by atoms with Crippen molar-refractivity contribution in [1.82, 2.24) is 10.6 Å². The lowest BCUT2D eigenvalue weighted by atomic mass is 10.3. The van der Waals surface area contributed by atoms with Crippen molar-refractivity contribution in [2.24, 2.45) is 4.99 Å². The topological polar surface area (TPSA) is 70.6 Å². The summed E-state index contributed by atoms with van der Waals surface area (Å²) < 4.78 is 22.8. The molecule has 1 aromatic heterocycles. The van der Waals surface area contributed by atoms with Gasteiger partial charge < -0.3 is 10.6 Å². The van der Waals surface area contributed by atoms with Crippen LogP contribution in [0.1, 0.15) is 16.2 Å². The molecule has 2 heterocycles. The predicted molar refractivity (Wildman–Crippen MR) is 79.4 cm³/mol. The number of hydrogen-bond acceptors (Lipinski definition) is 4. The van der Waals surface area contributed by atoms with E-state index in [0.29, 0.717) is 18.9 Å². The minimum atomic E-state index is -2.86. The molecule has 2 rings (SSSR count). The van der Waals surface area contributed by atoms with E-state index in [9.17, 15) is 8.42 Å². The first-order valence-corrected chi connectivity index (χ1v) is 8.85. The van der Waals surface area contributed by atoms with Crippen LogP contribution in [0.4, 0.5) is 0 Å². The van der Waals surface area contributed by atoms with E-state index >= 15 is 0 Å². The Balaban J connectivity index is 1.84. The summed E-state index contributed by atoms with van der Waals surface area (Å²) in [4.78, 5) is 6.64. The molecule has 0 radical (unpaired) electrons. The molecular weight excluding hydrogens is 282 g/mol. The van der Waals surface area contributed by atoms with Gasteiger partial charge in [-0.2, -0.15) is 0 Å². The number of rotatable bonds is 3. The van der Waals surface area contributed by atoms with E-state index in [0.717, 1.165) is 0 Å². The Hall–Kier alpha value is -1.08. The van der Waals surface area contributed by atoms with E-state index in [1.165, 1.54) is 9.75 Å². The van der Waals surface area contributed by atoms with E-state index in [2.05, 4.69) is 34.7 Å². The van der Waals surface area contributed by atoms with Gasteiger partial charge in [-0.25, -0.2) is 8.42 Å². The largest absolute Gasteiger partial charge is 0.353 e. The molecule has 1 atom stereocenters. The summed E-state index contributed by atoms with van der Waals surface area (Å²) in [6, 6.07) is 4.14. The fourth-order valence-corrected chi connectivity index (χ4v) is 4.55. The Bertz CT molecular complexity index is 563. The van der Waals surface area contributed by atoms with Gasteiger partial charge in [-0.3, -0.25) is 4.99 Å². The quantitative estimate of drug-likeness (QED) is 0.643. The molecule has 5 nitrogen and oxygen atoms in total. The summed E-state index contributed by atoms with van der Waals surface area (Å²) >= 11 is 1.74. The monoisotopic (exact) mass is 301 g/mol. The third kappa shape index (κ3) is 4.21. The van der Waals surface area contributed by atoms with Crippen LogP contribution in [-0.2, 0) is 16.4 Å². The summed E-state index contributed by atoms with van der Waals surface area (Å²) in [5.74, 6) is 1.13. The number of guanidine groups is 1. The molecule has 1 saturated heterocycles. The van der Waals surface area contributed by atoms with E-state index in [1.807, 2.05) is 0 Å². The molecule has 7 heteroatoms. The number of sulfone groups is 1. The summed E-state index contributed by atoms with van der Waals surface area (Å²) in [5, 5.41) is 6.37. The molecule has 0 amide bonds. The first kappa shape index (κ1) is 14.3. The van der Waals surface area contributed by atoms with Gasteiger partial charge in [-0.15, -0.1) is 11.3 Å². The molecule has 1 aliphatic rings. The first-order valence-electron chi connectivity index (χ1n) is 6.21. The molecule has 1 aliphatic heterocycles. The van der Waals surface area contributed by atoms with Crippen LogP contribution in [0, 0.1) is 6.92 Å². The van der Waals surface area contributed by atoms with Gasteiger partial charge in [-0.05, 0) is 25.5 Å². The van der Waals surface area contributed by atoms with E-state index in [-0.39, 0.29) is 17.5 Å². The molecule has 0 spiro atoms. The number of aliphatic imine (C=N–C) groups is 1. The normalized spacial score (nSPS) is 22.4. The fourth-order valence-electron chi connectivity index (χ4n) is 2.05. The van der Waals surface area contributed by atoms with Crippen molar-refractivity contribution >= 4 is 27.1 Å². The lowest BCUT2D eigenvalue weighted by Crippen LogP contribution is -2.43. The van der Waals surface area contributed by atoms with Gasteiger partial charge in [0.15, 0.2) is 15.8 Å². The Morgan fingerprint density at radius 1 is 1.53 bits per heavy atom. The lowest BCUT2D eigenvalue weighted by molar-refractivity contribution is 0.599. The van der Waals surface area contributed by atoms with Crippen molar-refractivity contribution in [1.29, 1.82) is 0 Å². The maximum Gasteiger partial charge on any atom is 0.191 e. The zero-order chi connectivity index (χ0) is 13.9. The molecule has 1 aromatic rings. The summed E-state index contributed by atoms with van der Waals surface area (Å²) in [6.07, 6.45) is 0.654. The highest BCUT2D eigenvalue weighted by molar-refractivity contribution is 7.91. The minimum absolute atomic E-state index is 0.0266. The molecule has 1 unspecified atom stereocenters. The molecule has 0 saturated carbocycles. The zero-order valence-electron chi connectivity index (χ0n) is 11.1. The molecule has 1 fully saturated rings. The van der Waals surface area contributed by atoms with E-state index in [4.69, 9.17) is 0 Å². The summed E-state index contributed by atoms with van der Waals surface area (Å²) in [7, 11) is -1.16. The summed E-state index contributed by atoms with van der Waals surface area (Å²) in [5.41, 5.74) is 0. The van der Waals surface area contributed by atoms with Crippen LogP contribution in [-0.4, -0.2) is 39.0 Å². The van der Waals surface area contributed by atoms with Crippen molar-refractivity contribution < 1.29 is 8.42 Å². The minimum Gasteiger partial charge on any atom is -0.353 e. The Morgan fingerprint density at radius 3 is 2.84 bits per heavy atom. The molecule has 2 N–H and O–H groups in total. The maximum absolute atomic E-state index is 11.4. The smallest absolute Gasteiger partial charge is 0.191 e. The van der Waals surface area contributed by atoms with Gasteiger partial charge in [0.2, 0.25) is 0 Å². The van der Waals surface area contributed by atoms with Crippen molar-refractivity contribution in [2.45, 2.75) is 25.9 Å². The Kier molecular flexibility index (Phi) is 4.46. The standard InChI is InChI=1S/C12H19N3O2S2/c1-9-3-4-11(18-9)7-14-12(13-2)15-10-5-6-19(16,17)8-10/h3-4,10H,5-8H2,1-2H3,(H2,13,14,15). The van der Waals surface area contributed by atoms with Crippen LogP contribution in [0.15, 0.2) is 17.1 Å². The van der Waals surface area contributed by atoms with Gasteiger partial charge in [0.25, 0.3) is 0 Å². The second kappa shape index (κ2) is 5.92. The SMILES string of the molecule is CN=C(NCc1ccc(C)s1)NC1CCS(=O)(=O)C1. The number of aryl methyl sites for hydroxylation is 1. The Labute approximate surface area is 118 Å². The van der Waals surface area contributed by atoms with Crippen LogP contribution in [0.3, 0.4) is 0 Å². The highest BCUT2D eigenvalue weighted by atomic mass is 32.2. The maximum atomic E-state index is 11.4. The van der Waals surface area contributed by atoms with Crippen molar-refractivity contribution in [3.63, 3.8) is 0 Å². The second-order valence-electron chi connectivity index (χ2n) is 4.68. The average molecular weight is 301 g/mol. The van der Waals surface area contributed by atoms with Crippen LogP contribution in [0.5, 0.6) is 0 Å². The lowest BCUT2D eigenvalue weighted by Gasteiger charge is -2.15. The van der Waals surface area contributed by atoms with Crippen LogP contribution < -0.4 is 10.6 Å². The predicted octanol–water partition coefficient (Wildman–Crippen LogP) is 0.909. The van der Waals surface area contributed by atoms with Crippen LogP contribution >= 0.6 is 11.3 Å². The van der Waals surface area contributed by atoms with Crippen LogP contribution in [0.25, 0.3) is 0 Å². The number of hydrogen-bond donors (Lipinski definition) is 2. The molecule has 19 heavy (non-hydrogen) atoms. The van der Waals surface area contributed by atoms with Gasteiger partial charge >= 0.3 is 0 Å². The van der Waals surface area contributed by atoms with Crippen molar-refractivity contribution in [2.75, 3.05) is 18.6 Å². The fraction of sp³-hybridized carbons (Fsp3) is 0.583. The van der Waals surface area contributed by atoms with Crippen LogP contribution in [0.2, 0.25) is 0 Å². The van der Waals surface area contributed by atoms with Gasteiger partial charge in [0.05, 0.1) is 18.1 Å². The van der Waals surface area contributed by atoms with Gasteiger partial charge in [0.1, 0.15) is 0 Å². The van der Waals surface area contributed by atoms with Crippen molar-refractivity contribution in [3.05, 3.63) is 21.9 Å². The average Bonchev–Trinajstić information content (AvgIpc) is 2.90. The van der Waals surface area contributed by atoms with Gasteiger partial charge in [0, 0.05) is 22.8 Å². The molecule has 0 bridgehead atoms. The molecule has 0 aromatic carbocycles. The zero-order valence-corrected chi connectivity index (χ0v) is 12.8. The van der Waals surface area contributed by atoms with Crippen molar-refractivity contribution in [3.8, 4) is 0 Å². The number of thiophene rings is 1. The molecular formula is C12H19N3O2S2. The third-order valence-corrected chi connectivity index (χ3v) is 5.79. The van der Waals surface area contributed by atoms with E-state index < -0.39 is 9.84 Å². The van der Waals surface area contributed by atoms with E-state index in [1.54, 1.807) is 18.4 Å². The second-order valence-corrected chi connectivity index (χ2v) is 8.28. The third-order valence-electron chi connectivity index (χ3n) is 3.02. The molecule has 0 aliphatic carbocycles. The van der Waals surface area contributed by atoms with Gasteiger partial charge in [-0.1, -0.05) is 0 Å². The Morgan fingerprint density at radius 2 is 2.32 bits per heavy atom.